The highest BCUT2D eigenvalue weighted by Crippen LogP contribution is 2.38. The summed E-state index contributed by atoms with van der Waals surface area (Å²) in [7, 11) is 1.18. The van der Waals surface area contributed by atoms with E-state index >= 15 is 0 Å². The normalized spacial score (nSPS) is 13.6. The quantitative estimate of drug-likeness (QED) is 0.0195. The third-order valence-corrected chi connectivity index (χ3v) is 13.4. The van der Waals surface area contributed by atoms with E-state index < -0.39 is 26.5 Å². The summed E-state index contributed by atoms with van der Waals surface area (Å²) in [5, 5.41) is 0. The Morgan fingerprint density at radius 1 is 0.463 bits per heavy atom. The molecule has 0 fully saturated rings. The zero-order valence-electron chi connectivity index (χ0n) is 44.6. The van der Waals surface area contributed by atoms with E-state index in [4.69, 9.17) is 18.5 Å². The minimum absolute atomic E-state index is 0.0284. The number of allylic oxidation sites excluding steroid dienone is 6. The third kappa shape index (κ3) is 53.4. The van der Waals surface area contributed by atoms with E-state index in [2.05, 4.69) is 50.3 Å². The lowest BCUT2D eigenvalue weighted by atomic mass is 10.0. The van der Waals surface area contributed by atoms with Gasteiger partial charge in [0.15, 0.2) is 6.10 Å². The molecule has 0 aliphatic rings. The number of phosphoric acid groups is 1. The smallest absolute Gasteiger partial charge is 0.306 e. The molecule has 0 heterocycles. The molecule has 0 rings (SSSR count). The number of hydrogen-bond donors (Lipinski definition) is 0. The van der Waals surface area contributed by atoms with Gasteiger partial charge in [0, 0.05) is 12.8 Å². The third-order valence-electron chi connectivity index (χ3n) is 12.4. The molecule has 9 nitrogen and oxygen atoms in total. The van der Waals surface area contributed by atoms with Crippen molar-refractivity contribution in [3.8, 4) is 0 Å². The van der Waals surface area contributed by atoms with Gasteiger partial charge in [0.1, 0.15) is 19.8 Å². The topological polar surface area (TPSA) is 111 Å². The van der Waals surface area contributed by atoms with Crippen LogP contribution >= 0.6 is 7.82 Å². The van der Waals surface area contributed by atoms with Crippen LogP contribution in [0.3, 0.4) is 0 Å². The molecular formula is C57H108NO8P. The van der Waals surface area contributed by atoms with Crippen LogP contribution in [0.2, 0.25) is 0 Å². The minimum Gasteiger partial charge on any atom is -0.756 e. The first-order valence-corrected chi connectivity index (χ1v) is 29.7. The number of carbonyl (C=O) groups excluding carboxylic acids is 2. The van der Waals surface area contributed by atoms with E-state index in [1.54, 1.807) is 0 Å². The fourth-order valence-corrected chi connectivity index (χ4v) is 8.75. The van der Waals surface area contributed by atoms with Crippen LogP contribution in [0, 0.1) is 0 Å². The molecule has 0 aromatic heterocycles. The molecule has 2 unspecified atom stereocenters. The van der Waals surface area contributed by atoms with Crippen LogP contribution in [0.1, 0.15) is 264 Å². The molecule has 0 saturated heterocycles. The fraction of sp³-hybridized carbons (Fsp3) is 0.860. The molecule has 0 aliphatic heterocycles. The molecule has 0 aromatic rings. The molecule has 0 amide bonds. The van der Waals surface area contributed by atoms with Crippen molar-refractivity contribution >= 4 is 19.8 Å². The standard InChI is InChI=1S/C57H108NO8P/c1-6-8-10-12-14-16-18-19-20-21-22-23-24-25-26-27-28-29-30-31-32-33-34-35-36-37-38-39-40-42-44-46-48-50-57(60)66-55(54-65-67(61,62)64-52-51-58(3,4)5)53-63-56(59)49-47-45-43-41-17-15-13-11-9-7-2/h18-19,21-22,24-25,55H,6-17,20,23,26-54H2,1-5H3/b19-18-,22-21-,25-24-. The van der Waals surface area contributed by atoms with Crippen molar-refractivity contribution in [3.63, 3.8) is 0 Å². The lowest BCUT2D eigenvalue weighted by Gasteiger charge is -2.28. The SMILES string of the molecule is CCCCCCC/C=C\C/C=C\C/C=C\CCCCCCCCCCCCCCCCCCCCC(=O)OC(COC(=O)CCCCCCCCCCCC)COP(=O)([O-])OCC[N+](C)(C)C. The predicted octanol–water partition coefficient (Wildman–Crippen LogP) is 16.6. The molecule has 0 aromatic carbocycles. The van der Waals surface area contributed by atoms with Gasteiger partial charge < -0.3 is 27.9 Å². The van der Waals surface area contributed by atoms with Gasteiger partial charge in [0.2, 0.25) is 0 Å². The first-order valence-electron chi connectivity index (χ1n) is 28.2. The number of rotatable bonds is 52. The van der Waals surface area contributed by atoms with Crippen molar-refractivity contribution < 1.29 is 42.1 Å². The lowest BCUT2D eigenvalue weighted by Crippen LogP contribution is -2.37. The molecule has 0 N–H and O–H groups in total. The van der Waals surface area contributed by atoms with Crippen molar-refractivity contribution in [1.82, 2.24) is 0 Å². The van der Waals surface area contributed by atoms with E-state index in [1.165, 1.54) is 186 Å². The Morgan fingerprint density at radius 2 is 0.806 bits per heavy atom. The molecule has 2 atom stereocenters. The van der Waals surface area contributed by atoms with Gasteiger partial charge in [-0.15, -0.1) is 0 Å². The maximum absolute atomic E-state index is 12.7. The summed E-state index contributed by atoms with van der Waals surface area (Å²) in [6.07, 6.45) is 59.2. The number of ether oxygens (including phenoxy) is 2. The Morgan fingerprint density at radius 3 is 1.19 bits per heavy atom. The second kappa shape index (κ2) is 49.2. The zero-order chi connectivity index (χ0) is 49.2. The van der Waals surface area contributed by atoms with Gasteiger partial charge in [-0.3, -0.25) is 14.2 Å². The van der Waals surface area contributed by atoms with E-state index in [-0.39, 0.29) is 32.0 Å². The number of esters is 2. The van der Waals surface area contributed by atoms with Crippen LogP contribution in [-0.2, 0) is 32.7 Å². The summed E-state index contributed by atoms with van der Waals surface area (Å²) in [6.45, 7) is 4.23. The Hall–Kier alpha value is -1.77. The summed E-state index contributed by atoms with van der Waals surface area (Å²) in [6, 6.07) is 0. The second-order valence-electron chi connectivity index (χ2n) is 20.3. The number of quaternary nitrogens is 1. The van der Waals surface area contributed by atoms with E-state index in [9.17, 15) is 19.0 Å². The van der Waals surface area contributed by atoms with E-state index in [0.717, 1.165) is 44.9 Å². The molecular weight excluding hydrogens is 858 g/mol. The number of carbonyl (C=O) groups is 2. The number of hydrogen-bond acceptors (Lipinski definition) is 8. The monoisotopic (exact) mass is 966 g/mol. The van der Waals surface area contributed by atoms with E-state index in [0.29, 0.717) is 17.4 Å². The Bertz CT molecular complexity index is 1230. The van der Waals surface area contributed by atoms with Gasteiger partial charge in [0.05, 0.1) is 27.7 Å². The zero-order valence-corrected chi connectivity index (χ0v) is 45.5. The number of phosphoric ester groups is 1. The summed E-state index contributed by atoms with van der Waals surface area (Å²) < 4.78 is 34.0. The average molecular weight is 966 g/mol. The molecule has 10 heteroatoms. The van der Waals surface area contributed by atoms with Crippen LogP contribution in [0.15, 0.2) is 36.5 Å². The van der Waals surface area contributed by atoms with E-state index in [1.807, 2.05) is 21.1 Å². The summed E-state index contributed by atoms with van der Waals surface area (Å²) in [4.78, 5) is 37.6. The second-order valence-corrected chi connectivity index (χ2v) is 21.7. The molecule has 0 saturated carbocycles. The van der Waals surface area contributed by atoms with Gasteiger partial charge in [0.25, 0.3) is 7.82 Å². The Labute approximate surface area is 414 Å². The van der Waals surface area contributed by atoms with Crippen molar-refractivity contribution in [2.45, 2.75) is 270 Å². The van der Waals surface area contributed by atoms with Crippen LogP contribution in [0.25, 0.3) is 0 Å². The van der Waals surface area contributed by atoms with Crippen molar-refractivity contribution in [1.29, 1.82) is 0 Å². The average Bonchev–Trinajstić information content (AvgIpc) is 3.29. The highest BCUT2D eigenvalue weighted by atomic mass is 31.2. The number of likely N-dealkylation sites (N-methyl/N-ethyl adjacent to an activating group) is 1. The van der Waals surface area contributed by atoms with Crippen LogP contribution < -0.4 is 4.89 Å². The Balaban J connectivity index is 3.96. The van der Waals surface area contributed by atoms with Gasteiger partial charge in [-0.25, -0.2) is 0 Å². The number of nitrogens with zero attached hydrogens (tertiary/aromatic N) is 1. The summed E-state index contributed by atoms with van der Waals surface area (Å²) >= 11 is 0. The highest BCUT2D eigenvalue weighted by molar-refractivity contribution is 7.45. The van der Waals surface area contributed by atoms with Gasteiger partial charge in [-0.05, 0) is 51.4 Å². The predicted molar refractivity (Wildman–Crippen MR) is 282 cm³/mol. The van der Waals surface area contributed by atoms with Gasteiger partial charge >= 0.3 is 11.9 Å². The van der Waals surface area contributed by atoms with Gasteiger partial charge in [-0.2, -0.15) is 0 Å². The van der Waals surface area contributed by atoms with Crippen LogP contribution in [0.4, 0.5) is 0 Å². The highest BCUT2D eigenvalue weighted by Gasteiger charge is 2.22. The molecule has 394 valence electrons. The van der Waals surface area contributed by atoms with Crippen LogP contribution in [-0.4, -0.2) is 70.0 Å². The summed E-state index contributed by atoms with van der Waals surface area (Å²) in [5.41, 5.74) is 0. The number of unbranched alkanes of at least 4 members (excludes halogenated alkanes) is 32. The maximum atomic E-state index is 12.7. The van der Waals surface area contributed by atoms with Crippen molar-refractivity contribution in [3.05, 3.63) is 36.5 Å². The van der Waals surface area contributed by atoms with Crippen LogP contribution in [0.5, 0.6) is 0 Å². The minimum atomic E-state index is -4.62. The van der Waals surface area contributed by atoms with Gasteiger partial charge in [-0.1, -0.05) is 237 Å². The van der Waals surface area contributed by atoms with Crippen molar-refractivity contribution in [2.24, 2.45) is 0 Å². The molecule has 67 heavy (non-hydrogen) atoms. The first kappa shape index (κ1) is 65.2. The molecule has 0 spiro atoms. The molecule has 0 aliphatic carbocycles. The largest absolute Gasteiger partial charge is 0.756 e. The molecule has 0 bridgehead atoms. The maximum Gasteiger partial charge on any atom is 0.306 e. The first-order chi connectivity index (χ1) is 32.5. The fourth-order valence-electron chi connectivity index (χ4n) is 8.02. The van der Waals surface area contributed by atoms with Crippen molar-refractivity contribution in [2.75, 3.05) is 47.5 Å². The summed E-state index contributed by atoms with van der Waals surface area (Å²) in [5.74, 6) is -0.824. The lowest BCUT2D eigenvalue weighted by molar-refractivity contribution is -0.870. The Kier molecular flexibility index (Phi) is 47.9. The molecule has 0 radical (unpaired) electrons.